The molecule has 2 aromatic rings. The zero-order chi connectivity index (χ0) is 14.6. The Morgan fingerprint density at radius 1 is 0.850 bits per heavy atom. The SMILES string of the molecule is CN(C)S(=O)(=O)CC(c1ccccc1)c1ccccc1. The molecule has 3 nitrogen and oxygen atoms in total. The molecule has 0 radical (unpaired) electrons. The highest BCUT2D eigenvalue weighted by molar-refractivity contribution is 7.89. The number of hydrogen-bond acceptors (Lipinski definition) is 2. The molecule has 0 amide bonds. The molecule has 4 heteroatoms. The lowest BCUT2D eigenvalue weighted by atomic mass is 9.93. The highest BCUT2D eigenvalue weighted by Crippen LogP contribution is 2.26. The normalized spacial score (nSPS) is 12.0. The molecule has 0 saturated heterocycles. The number of sulfonamides is 1. The van der Waals surface area contributed by atoms with E-state index in [9.17, 15) is 8.42 Å². The van der Waals surface area contributed by atoms with Gasteiger partial charge in [-0.3, -0.25) is 0 Å². The minimum atomic E-state index is -3.26. The van der Waals surface area contributed by atoms with Gasteiger partial charge in [-0.2, -0.15) is 0 Å². The first-order valence-corrected chi connectivity index (χ1v) is 8.12. The maximum absolute atomic E-state index is 12.2. The van der Waals surface area contributed by atoms with Crippen LogP contribution in [0, 0.1) is 0 Å². The summed E-state index contributed by atoms with van der Waals surface area (Å²) >= 11 is 0. The van der Waals surface area contributed by atoms with E-state index in [2.05, 4.69) is 0 Å². The predicted octanol–water partition coefficient (Wildman–Crippen LogP) is 2.71. The molecule has 0 aromatic heterocycles. The van der Waals surface area contributed by atoms with Crippen molar-refractivity contribution in [1.82, 2.24) is 4.31 Å². The molecule has 0 unspecified atom stereocenters. The van der Waals surface area contributed by atoms with Crippen molar-refractivity contribution < 1.29 is 8.42 Å². The minimum absolute atomic E-state index is 0.0774. The van der Waals surface area contributed by atoms with Crippen molar-refractivity contribution in [2.24, 2.45) is 0 Å². The first-order chi connectivity index (χ1) is 9.50. The van der Waals surface area contributed by atoms with Gasteiger partial charge in [-0.05, 0) is 11.1 Å². The van der Waals surface area contributed by atoms with Gasteiger partial charge in [-0.15, -0.1) is 0 Å². The Kier molecular flexibility index (Phi) is 4.57. The molecule has 0 spiro atoms. The molecule has 20 heavy (non-hydrogen) atoms. The summed E-state index contributed by atoms with van der Waals surface area (Å²) in [6, 6.07) is 19.5. The fourth-order valence-corrected chi connectivity index (χ4v) is 3.22. The lowest BCUT2D eigenvalue weighted by molar-refractivity contribution is 0.517. The van der Waals surface area contributed by atoms with Gasteiger partial charge in [0.2, 0.25) is 10.0 Å². The summed E-state index contributed by atoms with van der Waals surface area (Å²) < 4.78 is 25.7. The van der Waals surface area contributed by atoms with Gasteiger partial charge < -0.3 is 0 Å². The maximum Gasteiger partial charge on any atom is 0.214 e. The lowest BCUT2D eigenvalue weighted by Gasteiger charge is -2.20. The molecular formula is C16H19NO2S. The van der Waals surface area contributed by atoms with E-state index in [1.807, 2.05) is 60.7 Å². The summed E-state index contributed by atoms with van der Waals surface area (Å²) in [5, 5.41) is 0. The van der Waals surface area contributed by atoms with Crippen LogP contribution < -0.4 is 0 Å². The topological polar surface area (TPSA) is 37.4 Å². The monoisotopic (exact) mass is 289 g/mol. The van der Waals surface area contributed by atoms with Crippen molar-refractivity contribution in [3.05, 3.63) is 71.8 Å². The Balaban J connectivity index is 2.41. The number of benzene rings is 2. The van der Waals surface area contributed by atoms with Crippen LogP contribution in [0.25, 0.3) is 0 Å². The van der Waals surface area contributed by atoms with Crippen molar-refractivity contribution in [3.8, 4) is 0 Å². The van der Waals surface area contributed by atoms with Gasteiger partial charge in [0.1, 0.15) is 0 Å². The van der Waals surface area contributed by atoms with Crippen molar-refractivity contribution in [1.29, 1.82) is 0 Å². The summed E-state index contributed by atoms with van der Waals surface area (Å²) in [7, 11) is -0.117. The first-order valence-electron chi connectivity index (χ1n) is 6.51. The van der Waals surface area contributed by atoms with E-state index in [1.54, 1.807) is 14.1 Å². The van der Waals surface area contributed by atoms with Crippen LogP contribution >= 0.6 is 0 Å². The Bertz CT molecular complexity index is 597. The molecule has 2 aromatic carbocycles. The van der Waals surface area contributed by atoms with Crippen LogP contribution in [0.2, 0.25) is 0 Å². The quantitative estimate of drug-likeness (QED) is 0.848. The van der Waals surface area contributed by atoms with Crippen molar-refractivity contribution in [2.45, 2.75) is 5.92 Å². The lowest BCUT2D eigenvalue weighted by Crippen LogP contribution is -2.28. The second-order valence-corrected chi connectivity index (χ2v) is 7.16. The molecule has 0 aliphatic heterocycles. The molecule has 0 atom stereocenters. The van der Waals surface area contributed by atoms with Crippen LogP contribution in [-0.4, -0.2) is 32.6 Å². The average Bonchev–Trinajstić information content (AvgIpc) is 2.46. The third-order valence-electron chi connectivity index (χ3n) is 3.34. The van der Waals surface area contributed by atoms with Crippen molar-refractivity contribution in [3.63, 3.8) is 0 Å². The van der Waals surface area contributed by atoms with Crippen molar-refractivity contribution >= 4 is 10.0 Å². The second-order valence-electron chi connectivity index (χ2n) is 4.93. The van der Waals surface area contributed by atoms with E-state index >= 15 is 0 Å². The Hall–Kier alpha value is -1.65. The van der Waals surface area contributed by atoms with Crippen LogP contribution in [0.5, 0.6) is 0 Å². The minimum Gasteiger partial charge on any atom is -0.212 e. The van der Waals surface area contributed by atoms with Crippen molar-refractivity contribution in [2.75, 3.05) is 19.8 Å². The van der Waals surface area contributed by atoms with Gasteiger partial charge in [-0.25, -0.2) is 12.7 Å². The predicted molar refractivity (Wildman–Crippen MR) is 82.2 cm³/mol. The number of hydrogen-bond donors (Lipinski definition) is 0. The number of nitrogens with zero attached hydrogens (tertiary/aromatic N) is 1. The standard InChI is InChI=1S/C16H19NO2S/c1-17(2)20(18,19)13-16(14-9-5-3-6-10-14)15-11-7-4-8-12-15/h3-12,16H,13H2,1-2H3. The van der Waals surface area contributed by atoms with Crippen LogP contribution in [-0.2, 0) is 10.0 Å². The molecule has 0 heterocycles. The summed E-state index contributed by atoms with van der Waals surface area (Å²) in [5.74, 6) is -0.0709. The van der Waals surface area contributed by atoms with Crippen LogP contribution in [0.1, 0.15) is 17.0 Å². The molecule has 0 aliphatic carbocycles. The first kappa shape index (κ1) is 14.8. The van der Waals surface area contributed by atoms with E-state index in [0.717, 1.165) is 11.1 Å². The van der Waals surface area contributed by atoms with Crippen LogP contribution in [0.15, 0.2) is 60.7 Å². The molecule has 0 aliphatic rings. The third-order valence-corrected chi connectivity index (χ3v) is 5.20. The van der Waals surface area contributed by atoms with Crippen LogP contribution in [0.4, 0.5) is 0 Å². The third kappa shape index (κ3) is 3.46. The fourth-order valence-electron chi connectivity index (χ4n) is 2.12. The summed E-state index contributed by atoms with van der Waals surface area (Å²) in [6.07, 6.45) is 0. The molecule has 0 bridgehead atoms. The van der Waals surface area contributed by atoms with E-state index in [1.165, 1.54) is 4.31 Å². The van der Waals surface area contributed by atoms with Gasteiger partial charge in [0, 0.05) is 20.0 Å². The molecule has 106 valence electrons. The fraction of sp³-hybridized carbons (Fsp3) is 0.250. The largest absolute Gasteiger partial charge is 0.214 e. The molecule has 2 rings (SSSR count). The van der Waals surface area contributed by atoms with E-state index < -0.39 is 10.0 Å². The maximum atomic E-state index is 12.2. The zero-order valence-electron chi connectivity index (χ0n) is 11.7. The Labute approximate surface area is 120 Å². The number of rotatable bonds is 5. The van der Waals surface area contributed by atoms with Gasteiger partial charge in [0.15, 0.2) is 0 Å². The molecule has 0 fully saturated rings. The van der Waals surface area contributed by atoms with E-state index in [0.29, 0.717) is 0 Å². The van der Waals surface area contributed by atoms with Gasteiger partial charge in [0.05, 0.1) is 5.75 Å². The summed E-state index contributed by atoms with van der Waals surface area (Å²) in [6.45, 7) is 0. The second kappa shape index (κ2) is 6.20. The Morgan fingerprint density at radius 2 is 1.25 bits per heavy atom. The van der Waals surface area contributed by atoms with Gasteiger partial charge in [0.25, 0.3) is 0 Å². The Morgan fingerprint density at radius 3 is 1.60 bits per heavy atom. The van der Waals surface area contributed by atoms with Crippen LogP contribution in [0.3, 0.4) is 0 Å². The zero-order valence-corrected chi connectivity index (χ0v) is 12.5. The summed E-state index contributed by atoms with van der Waals surface area (Å²) in [5.41, 5.74) is 2.04. The summed E-state index contributed by atoms with van der Waals surface area (Å²) in [4.78, 5) is 0. The highest BCUT2D eigenvalue weighted by Gasteiger charge is 2.23. The van der Waals surface area contributed by atoms with Gasteiger partial charge in [-0.1, -0.05) is 60.7 Å². The smallest absolute Gasteiger partial charge is 0.212 e. The molecule has 0 N–H and O–H groups in total. The van der Waals surface area contributed by atoms with E-state index in [4.69, 9.17) is 0 Å². The highest BCUT2D eigenvalue weighted by atomic mass is 32.2. The average molecular weight is 289 g/mol. The van der Waals surface area contributed by atoms with Gasteiger partial charge >= 0.3 is 0 Å². The van der Waals surface area contributed by atoms with E-state index in [-0.39, 0.29) is 11.7 Å². The molecule has 0 saturated carbocycles. The molecular weight excluding hydrogens is 270 g/mol.